The summed E-state index contributed by atoms with van der Waals surface area (Å²) in [5, 5.41) is 2.59. The van der Waals surface area contributed by atoms with Crippen LogP contribution in [0.4, 0.5) is 26.2 Å². The Kier molecular flexibility index (Phi) is 8.29. The van der Waals surface area contributed by atoms with Crippen LogP contribution in [0.5, 0.6) is 0 Å². The molecular weight excluding hydrogens is 517 g/mol. The maximum Gasteiger partial charge on any atom is 0.414 e. The summed E-state index contributed by atoms with van der Waals surface area (Å²) in [7, 11) is -3.88. The molecule has 2 amide bonds. The van der Waals surface area contributed by atoms with Crippen molar-refractivity contribution in [1.82, 2.24) is 9.84 Å². The number of sulfonamides is 1. The smallest absolute Gasteiger partial charge is 0.414 e. The van der Waals surface area contributed by atoms with Crippen LogP contribution < -0.4 is 20.5 Å². The molecule has 0 aliphatic carbocycles. The fraction of sp³-hybridized carbons (Fsp3) is 0.400. The maximum absolute atomic E-state index is 15.2. The highest BCUT2D eigenvalue weighted by molar-refractivity contribution is 7.89. The fourth-order valence-electron chi connectivity index (χ4n) is 4.37. The monoisotopic (exact) mass is 547 g/mol. The number of hydrogen-bond donors (Lipinski definition) is 2. The zero-order chi connectivity index (χ0) is 27.4. The van der Waals surface area contributed by atoms with Crippen molar-refractivity contribution in [1.29, 1.82) is 0 Å². The van der Waals surface area contributed by atoms with E-state index in [9.17, 15) is 22.8 Å². The summed E-state index contributed by atoms with van der Waals surface area (Å²) in [6.07, 6.45) is -0.300. The van der Waals surface area contributed by atoms with Crippen molar-refractivity contribution in [2.45, 2.75) is 37.7 Å². The molecule has 0 unspecified atom stereocenters. The zero-order valence-corrected chi connectivity index (χ0v) is 22.0. The van der Waals surface area contributed by atoms with Crippen LogP contribution in [0.2, 0.25) is 0 Å². The Hall–Kier alpha value is -3.55. The van der Waals surface area contributed by atoms with E-state index in [2.05, 4.69) is 10.7 Å². The fourth-order valence-corrected chi connectivity index (χ4v) is 5.68. The van der Waals surface area contributed by atoms with E-state index in [-0.39, 0.29) is 48.5 Å². The molecule has 0 spiro atoms. The maximum atomic E-state index is 15.2. The summed E-state index contributed by atoms with van der Waals surface area (Å²) < 4.78 is 47.9. The average molecular weight is 548 g/mol. The highest BCUT2D eigenvalue weighted by Gasteiger charge is 2.33. The van der Waals surface area contributed by atoms with Gasteiger partial charge in [0, 0.05) is 45.2 Å². The molecule has 4 rings (SSSR count). The summed E-state index contributed by atoms with van der Waals surface area (Å²) in [6, 6.07) is 10.3. The molecule has 38 heavy (non-hydrogen) atoms. The number of halogens is 1. The number of carbonyl (C=O) groups is 3. The van der Waals surface area contributed by atoms with Gasteiger partial charge in [0.1, 0.15) is 17.7 Å². The number of Topliss-reactive ketones (excluding diaryl/α,β-unsaturated/α-hetero) is 1. The lowest BCUT2D eigenvalue weighted by molar-refractivity contribution is -0.117. The Morgan fingerprint density at radius 1 is 1.11 bits per heavy atom. The molecule has 0 saturated carbocycles. The Balaban J connectivity index is 1.41. The van der Waals surface area contributed by atoms with Gasteiger partial charge in [-0.1, -0.05) is 0 Å². The molecule has 0 radical (unpaired) electrons. The Bertz CT molecular complexity index is 1320. The van der Waals surface area contributed by atoms with Crippen molar-refractivity contribution < 1.29 is 31.9 Å². The summed E-state index contributed by atoms with van der Waals surface area (Å²) in [5.74, 6) is -0.801. The first kappa shape index (κ1) is 27.5. The predicted octanol–water partition coefficient (Wildman–Crippen LogP) is 2.49. The molecule has 13 heteroatoms. The quantitative estimate of drug-likeness (QED) is 0.516. The van der Waals surface area contributed by atoms with Crippen LogP contribution in [0.3, 0.4) is 0 Å². The normalized spacial score (nSPS) is 18.7. The second kappa shape index (κ2) is 11.5. The molecule has 1 atom stereocenters. The number of cyclic esters (lactones) is 1. The van der Waals surface area contributed by atoms with E-state index >= 15 is 4.39 Å². The third-order valence-electron chi connectivity index (χ3n) is 6.28. The van der Waals surface area contributed by atoms with Crippen molar-refractivity contribution in [2.75, 3.05) is 47.8 Å². The summed E-state index contributed by atoms with van der Waals surface area (Å²) >= 11 is 0. The number of ether oxygens (including phenoxy) is 1. The van der Waals surface area contributed by atoms with Gasteiger partial charge in [0.05, 0.1) is 22.8 Å². The molecule has 2 N–H and O–H groups in total. The molecule has 2 aromatic carbocycles. The lowest BCUT2D eigenvalue weighted by Gasteiger charge is -2.24. The lowest BCUT2D eigenvalue weighted by atomic mass is 10.1. The second-order valence-electron chi connectivity index (χ2n) is 9.17. The number of nitrogens with one attached hydrogen (secondary N) is 2. The first-order valence-electron chi connectivity index (χ1n) is 12.2. The molecule has 2 aliphatic rings. The molecule has 2 aliphatic heterocycles. The molecule has 11 nitrogen and oxygen atoms in total. The predicted molar refractivity (Wildman–Crippen MR) is 139 cm³/mol. The molecule has 0 aromatic heterocycles. The number of benzene rings is 2. The van der Waals surface area contributed by atoms with Gasteiger partial charge in [-0.2, -0.15) is 0 Å². The third-order valence-corrected chi connectivity index (χ3v) is 8.04. The van der Waals surface area contributed by atoms with Crippen molar-refractivity contribution in [3.63, 3.8) is 0 Å². The van der Waals surface area contributed by atoms with Crippen molar-refractivity contribution in [2.24, 2.45) is 0 Å². The van der Waals surface area contributed by atoms with E-state index < -0.39 is 28.0 Å². The van der Waals surface area contributed by atoms with Gasteiger partial charge < -0.3 is 19.7 Å². The van der Waals surface area contributed by atoms with Gasteiger partial charge in [0.2, 0.25) is 5.91 Å². The number of rotatable bonds is 8. The minimum atomic E-state index is -3.88. The van der Waals surface area contributed by atoms with Gasteiger partial charge in [-0.05, 0) is 55.8 Å². The van der Waals surface area contributed by atoms with Gasteiger partial charge in [0.15, 0.2) is 0 Å². The number of anilines is 3. The number of amides is 2. The number of ketones is 1. The van der Waals surface area contributed by atoms with Crippen LogP contribution in [0.1, 0.15) is 26.7 Å². The number of hydrogen-bond acceptors (Lipinski definition) is 8. The van der Waals surface area contributed by atoms with Crippen molar-refractivity contribution >= 4 is 44.9 Å². The summed E-state index contributed by atoms with van der Waals surface area (Å²) in [5.41, 5.74) is 4.01. The molecule has 2 heterocycles. The Morgan fingerprint density at radius 2 is 1.84 bits per heavy atom. The molecule has 0 bridgehead atoms. The Morgan fingerprint density at radius 3 is 2.50 bits per heavy atom. The first-order chi connectivity index (χ1) is 18.0. The van der Waals surface area contributed by atoms with Gasteiger partial charge in [-0.15, -0.1) is 4.41 Å². The van der Waals surface area contributed by atoms with Crippen LogP contribution >= 0.6 is 0 Å². The third kappa shape index (κ3) is 6.29. The molecule has 2 fully saturated rings. The van der Waals surface area contributed by atoms with E-state index in [0.29, 0.717) is 30.8 Å². The molecule has 204 valence electrons. The van der Waals surface area contributed by atoms with Gasteiger partial charge >= 0.3 is 6.09 Å². The zero-order valence-electron chi connectivity index (χ0n) is 21.1. The van der Waals surface area contributed by atoms with E-state index in [1.165, 1.54) is 49.1 Å². The van der Waals surface area contributed by atoms with E-state index in [1.807, 2.05) is 0 Å². The standard InChI is InChI=1S/C25H30FN5O6S/c1-17(32)3-7-21-16-30(25(34)37-21)20-6-10-24(23(26)15-20)29-12-11-27-31(14-13-29)38(35,36)22-8-4-19(5-9-22)28-18(2)33/h4-6,8-10,15,21,27H,3,7,11-14,16H2,1-2H3,(H,28,33)/t21-/m0/s1. The summed E-state index contributed by atoms with van der Waals surface area (Å²) in [6.45, 7) is 3.96. The largest absolute Gasteiger partial charge is 0.444 e. The molecular formula is C25H30FN5O6S. The van der Waals surface area contributed by atoms with Crippen molar-refractivity contribution in [3.8, 4) is 0 Å². The van der Waals surface area contributed by atoms with E-state index in [4.69, 9.17) is 4.74 Å². The number of hydrazine groups is 1. The number of nitrogens with zero attached hydrogens (tertiary/aromatic N) is 3. The minimum Gasteiger partial charge on any atom is -0.444 e. The highest BCUT2D eigenvalue weighted by atomic mass is 32.2. The minimum absolute atomic E-state index is 0.00747. The SMILES string of the molecule is CC(=O)CC[C@H]1CN(c2ccc(N3CCNN(S(=O)(=O)c4ccc(NC(C)=O)cc4)CC3)c(F)c2)C(=O)O1. The second-order valence-corrected chi connectivity index (χ2v) is 11.0. The number of carbonyl (C=O) groups excluding carboxylic acids is 3. The van der Waals surface area contributed by atoms with Gasteiger partial charge in [0.25, 0.3) is 10.0 Å². The van der Waals surface area contributed by atoms with Crippen molar-refractivity contribution in [3.05, 3.63) is 48.3 Å². The van der Waals surface area contributed by atoms with Gasteiger partial charge in [-0.25, -0.2) is 23.0 Å². The molecule has 2 aromatic rings. The van der Waals surface area contributed by atoms with E-state index in [1.54, 1.807) is 17.0 Å². The van der Waals surface area contributed by atoms with Gasteiger partial charge in [-0.3, -0.25) is 9.69 Å². The molecule has 2 saturated heterocycles. The average Bonchev–Trinajstić information content (AvgIpc) is 3.06. The highest BCUT2D eigenvalue weighted by Crippen LogP contribution is 2.29. The summed E-state index contributed by atoms with van der Waals surface area (Å²) in [4.78, 5) is 37.8. The lowest BCUT2D eigenvalue weighted by Crippen LogP contribution is -2.43. The van der Waals surface area contributed by atoms with Crippen LogP contribution in [-0.2, 0) is 24.3 Å². The Labute approximate surface area is 220 Å². The topological polar surface area (TPSA) is 128 Å². The van der Waals surface area contributed by atoms with Crippen LogP contribution in [0.25, 0.3) is 0 Å². The van der Waals surface area contributed by atoms with Crippen LogP contribution in [0, 0.1) is 5.82 Å². The van der Waals surface area contributed by atoms with Crippen LogP contribution in [-0.4, -0.2) is 69.4 Å². The first-order valence-corrected chi connectivity index (χ1v) is 13.6. The van der Waals surface area contributed by atoms with E-state index in [0.717, 1.165) is 4.41 Å². The van der Waals surface area contributed by atoms with Crippen LogP contribution in [0.15, 0.2) is 47.4 Å².